The van der Waals surface area contributed by atoms with Gasteiger partial charge in [0, 0.05) is 28.9 Å². The third-order valence-electron chi connectivity index (χ3n) is 3.98. The van der Waals surface area contributed by atoms with Crippen molar-refractivity contribution in [2.75, 3.05) is 11.9 Å². The van der Waals surface area contributed by atoms with Crippen LogP contribution in [0.15, 0.2) is 60.1 Å². The van der Waals surface area contributed by atoms with E-state index in [1.807, 2.05) is 29.6 Å². The SMILES string of the molecule is CCCCOc1cccc(N/C=C(/C#N)c2nc(-c3ccc(F)cc3)cs2)c1. The van der Waals surface area contributed by atoms with Crippen molar-refractivity contribution in [1.82, 2.24) is 4.98 Å². The third kappa shape index (κ3) is 5.18. The Bertz CT molecular complexity index is 990. The Hall–Kier alpha value is -3.17. The number of nitrogens with one attached hydrogen (secondary N) is 1. The van der Waals surface area contributed by atoms with Crippen molar-refractivity contribution >= 4 is 22.6 Å². The smallest absolute Gasteiger partial charge is 0.136 e. The van der Waals surface area contributed by atoms with Crippen LogP contribution in [0.5, 0.6) is 5.75 Å². The average molecular weight is 393 g/mol. The molecular weight excluding hydrogens is 373 g/mol. The average Bonchev–Trinajstić information content (AvgIpc) is 3.20. The van der Waals surface area contributed by atoms with Crippen molar-refractivity contribution < 1.29 is 9.13 Å². The molecule has 0 atom stereocenters. The molecule has 3 rings (SSSR count). The number of halogens is 1. The van der Waals surface area contributed by atoms with Crippen molar-refractivity contribution in [2.45, 2.75) is 19.8 Å². The van der Waals surface area contributed by atoms with Gasteiger partial charge in [-0.05, 0) is 42.8 Å². The Morgan fingerprint density at radius 3 is 2.86 bits per heavy atom. The maximum atomic E-state index is 13.1. The van der Waals surface area contributed by atoms with Gasteiger partial charge in [-0.15, -0.1) is 11.3 Å². The van der Waals surface area contributed by atoms with E-state index in [9.17, 15) is 9.65 Å². The van der Waals surface area contributed by atoms with Crippen LogP contribution in [-0.2, 0) is 0 Å². The summed E-state index contributed by atoms with van der Waals surface area (Å²) in [4.78, 5) is 4.50. The summed E-state index contributed by atoms with van der Waals surface area (Å²) < 4.78 is 18.8. The van der Waals surface area contributed by atoms with Crippen LogP contribution in [0, 0.1) is 17.1 Å². The minimum atomic E-state index is -0.290. The van der Waals surface area contributed by atoms with Crippen LogP contribution in [0.25, 0.3) is 16.8 Å². The fourth-order valence-corrected chi connectivity index (χ4v) is 3.25. The lowest BCUT2D eigenvalue weighted by Crippen LogP contribution is -1.97. The molecule has 0 bridgehead atoms. The van der Waals surface area contributed by atoms with Gasteiger partial charge >= 0.3 is 0 Å². The zero-order valence-corrected chi connectivity index (χ0v) is 16.3. The molecule has 1 N–H and O–H groups in total. The molecule has 3 aromatic rings. The van der Waals surface area contributed by atoms with E-state index in [2.05, 4.69) is 23.3 Å². The highest BCUT2D eigenvalue weighted by molar-refractivity contribution is 7.11. The monoisotopic (exact) mass is 393 g/mol. The summed E-state index contributed by atoms with van der Waals surface area (Å²) in [6, 6.07) is 15.9. The number of unbranched alkanes of at least 4 members (excludes halogenated alkanes) is 1. The topological polar surface area (TPSA) is 57.9 Å². The van der Waals surface area contributed by atoms with E-state index < -0.39 is 0 Å². The van der Waals surface area contributed by atoms with Gasteiger partial charge in [-0.25, -0.2) is 9.37 Å². The summed E-state index contributed by atoms with van der Waals surface area (Å²) in [5.74, 6) is 0.500. The molecule has 142 valence electrons. The number of anilines is 1. The van der Waals surface area contributed by atoms with Crippen molar-refractivity contribution in [3.8, 4) is 23.1 Å². The predicted octanol–water partition coefficient (Wildman–Crippen LogP) is 6.10. The molecule has 0 saturated carbocycles. The predicted molar refractivity (Wildman–Crippen MR) is 112 cm³/mol. The maximum Gasteiger partial charge on any atom is 0.136 e. The highest BCUT2D eigenvalue weighted by Crippen LogP contribution is 2.26. The van der Waals surface area contributed by atoms with Crippen LogP contribution in [0.1, 0.15) is 24.8 Å². The van der Waals surface area contributed by atoms with E-state index >= 15 is 0 Å². The van der Waals surface area contributed by atoms with E-state index in [0.29, 0.717) is 22.9 Å². The van der Waals surface area contributed by atoms with Gasteiger partial charge in [-0.1, -0.05) is 19.4 Å². The largest absolute Gasteiger partial charge is 0.494 e. The molecule has 2 aromatic carbocycles. The van der Waals surface area contributed by atoms with Gasteiger partial charge in [0.25, 0.3) is 0 Å². The quantitative estimate of drug-likeness (QED) is 0.371. The van der Waals surface area contributed by atoms with E-state index in [1.165, 1.54) is 23.5 Å². The van der Waals surface area contributed by atoms with Crippen molar-refractivity contribution in [3.05, 3.63) is 70.9 Å². The molecule has 0 spiro atoms. The second-order valence-electron chi connectivity index (χ2n) is 6.09. The van der Waals surface area contributed by atoms with Gasteiger partial charge in [0.05, 0.1) is 12.3 Å². The number of ether oxygens (including phenoxy) is 1. The summed E-state index contributed by atoms with van der Waals surface area (Å²) in [5.41, 5.74) is 2.78. The first-order valence-corrected chi connectivity index (χ1v) is 9.89. The Kier molecular flexibility index (Phi) is 6.77. The van der Waals surface area contributed by atoms with Gasteiger partial charge in [0.15, 0.2) is 0 Å². The molecule has 1 heterocycles. The van der Waals surface area contributed by atoms with Gasteiger partial charge in [0.1, 0.15) is 28.2 Å². The molecule has 0 aliphatic carbocycles. The zero-order valence-electron chi connectivity index (χ0n) is 15.5. The van der Waals surface area contributed by atoms with E-state index in [1.54, 1.807) is 18.3 Å². The fraction of sp³-hybridized carbons (Fsp3) is 0.182. The van der Waals surface area contributed by atoms with Crippen molar-refractivity contribution in [3.63, 3.8) is 0 Å². The second kappa shape index (κ2) is 9.67. The minimum Gasteiger partial charge on any atom is -0.494 e. The third-order valence-corrected chi connectivity index (χ3v) is 4.85. The minimum absolute atomic E-state index is 0.290. The van der Waals surface area contributed by atoms with E-state index in [4.69, 9.17) is 4.74 Å². The summed E-state index contributed by atoms with van der Waals surface area (Å²) in [6.07, 6.45) is 3.73. The van der Waals surface area contributed by atoms with Crippen LogP contribution >= 0.6 is 11.3 Å². The normalized spacial score (nSPS) is 11.1. The Morgan fingerprint density at radius 1 is 1.29 bits per heavy atom. The molecule has 1 aromatic heterocycles. The van der Waals surface area contributed by atoms with Gasteiger partial charge in [0.2, 0.25) is 0 Å². The summed E-state index contributed by atoms with van der Waals surface area (Å²) in [5, 5.41) is 15.1. The summed E-state index contributed by atoms with van der Waals surface area (Å²) in [6.45, 7) is 2.81. The molecule has 0 aliphatic rings. The van der Waals surface area contributed by atoms with Crippen LogP contribution in [-0.4, -0.2) is 11.6 Å². The summed E-state index contributed by atoms with van der Waals surface area (Å²) in [7, 11) is 0. The number of allylic oxidation sites excluding steroid dienone is 1. The van der Waals surface area contributed by atoms with Crippen LogP contribution < -0.4 is 10.1 Å². The Balaban J connectivity index is 1.72. The molecule has 0 fully saturated rings. The summed E-state index contributed by atoms with van der Waals surface area (Å²) >= 11 is 1.37. The maximum absolute atomic E-state index is 13.1. The van der Waals surface area contributed by atoms with Gasteiger partial charge in [-0.3, -0.25) is 0 Å². The Labute approximate surface area is 167 Å². The first kappa shape index (κ1) is 19.6. The highest BCUT2D eigenvalue weighted by atomic mass is 32.1. The number of hydrogen-bond acceptors (Lipinski definition) is 5. The molecule has 28 heavy (non-hydrogen) atoms. The van der Waals surface area contributed by atoms with E-state index in [0.717, 1.165) is 29.8 Å². The first-order chi connectivity index (χ1) is 13.7. The van der Waals surface area contributed by atoms with Crippen LogP contribution in [0.3, 0.4) is 0 Å². The molecule has 0 unspecified atom stereocenters. The lowest BCUT2D eigenvalue weighted by atomic mass is 10.2. The van der Waals surface area contributed by atoms with Crippen LogP contribution in [0.4, 0.5) is 10.1 Å². The number of nitrogens with zero attached hydrogens (tertiary/aromatic N) is 2. The Morgan fingerprint density at radius 2 is 2.11 bits per heavy atom. The van der Waals surface area contributed by atoms with Crippen molar-refractivity contribution in [2.24, 2.45) is 0 Å². The molecule has 0 radical (unpaired) electrons. The fourth-order valence-electron chi connectivity index (χ4n) is 2.46. The molecular formula is C22H20FN3OS. The number of aromatic nitrogens is 1. The number of rotatable bonds is 8. The molecule has 0 amide bonds. The lowest BCUT2D eigenvalue weighted by molar-refractivity contribution is 0.309. The first-order valence-electron chi connectivity index (χ1n) is 9.01. The standard InChI is InChI=1S/C22H20FN3OS/c1-2-3-11-27-20-6-4-5-19(12-20)25-14-17(13-24)22-26-21(15-28-22)16-7-9-18(23)10-8-16/h4-10,12,14-15,25H,2-3,11H2,1H3/b17-14-. The lowest BCUT2D eigenvalue weighted by Gasteiger charge is -2.07. The van der Waals surface area contributed by atoms with Crippen LogP contribution in [0.2, 0.25) is 0 Å². The van der Waals surface area contributed by atoms with Crippen molar-refractivity contribution in [1.29, 1.82) is 5.26 Å². The number of nitriles is 1. The van der Waals surface area contributed by atoms with Gasteiger partial charge in [-0.2, -0.15) is 5.26 Å². The molecule has 6 heteroatoms. The highest BCUT2D eigenvalue weighted by Gasteiger charge is 2.09. The zero-order chi connectivity index (χ0) is 19.8. The second-order valence-corrected chi connectivity index (χ2v) is 6.95. The number of thiazole rings is 1. The number of benzene rings is 2. The molecule has 0 aliphatic heterocycles. The van der Waals surface area contributed by atoms with Gasteiger partial charge < -0.3 is 10.1 Å². The molecule has 4 nitrogen and oxygen atoms in total. The molecule has 0 saturated heterocycles. The van der Waals surface area contributed by atoms with E-state index in [-0.39, 0.29) is 5.82 Å². The number of hydrogen-bond donors (Lipinski definition) is 1.